The van der Waals surface area contributed by atoms with Gasteiger partial charge in [0, 0.05) is 36.6 Å². The van der Waals surface area contributed by atoms with E-state index in [2.05, 4.69) is 23.2 Å². The van der Waals surface area contributed by atoms with Gasteiger partial charge in [0.15, 0.2) is 5.69 Å². The van der Waals surface area contributed by atoms with Crippen LogP contribution in [0.1, 0.15) is 74.3 Å². The molecule has 0 aliphatic carbocycles. The highest BCUT2D eigenvalue weighted by molar-refractivity contribution is 6.05. The van der Waals surface area contributed by atoms with Crippen LogP contribution in [-0.2, 0) is 17.8 Å². The first-order chi connectivity index (χ1) is 18.1. The predicted octanol–water partition coefficient (Wildman–Crippen LogP) is 5.70. The fourth-order valence-electron chi connectivity index (χ4n) is 5.93. The summed E-state index contributed by atoms with van der Waals surface area (Å²) >= 11 is 0. The molecule has 1 N–H and O–H groups in total. The van der Waals surface area contributed by atoms with E-state index in [1.165, 1.54) is 44.2 Å². The number of hydrogen-bond donors (Lipinski definition) is 1. The summed E-state index contributed by atoms with van der Waals surface area (Å²) in [7, 11) is 0. The first-order valence-corrected chi connectivity index (χ1v) is 14.0. The van der Waals surface area contributed by atoms with Gasteiger partial charge in [0.2, 0.25) is 0 Å². The lowest BCUT2D eigenvalue weighted by molar-refractivity contribution is -0.0843. The van der Waals surface area contributed by atoms with Crippen molar-refractivity contribution in [2.45, 2.75) is 89.5 Å². The van der Waals surface area contributed by atoms with Crippen LogP contribution in [0.2, 0.25) is 0 Å². The van der Waals surface area contributed by atoms with Crippen molar-refractivity contribution in [2.75, 3.05) is 13.2 Å². The number of halogens is 1. The summed E-state index contributed by atoms with van der Waals surface area (Å²) in [6, 6.07) is 15.3. The summed E-state index contributed by atoms with van der Waals surface area (Å²) in [6.45, 7) is 5.15. The van der Waals surface area contributed by atoms with Crippen LogP contribution in [0.4, 0.5) is 4.39 Å². The number of fused-ring (bicyclic) bond motifs is 3. The maximum absolute atomic E-state index is 13.4. The number of carbonyl (C=O) groups is 1. The van der Waals surface area contributed by atoms with Gasteiger partial charge in [-0.2, -0.15) is 5.10 Å². The van der Waals surface area contributed by atoms with E-state index in [0.29, 0.717) is 18.9 Å². The predicted molar refractivity (Wildman–Crippen MR) is 144 cm³/mol. The van der Waals surface area contributed by atoms with Gasteiger partial charge in [-0.25, -0.2) is 4.39 Å². The highest BCUT2D eigenvalue weighted by Crippen LogP contribution is 2.30. The number of benzene rings is 2. The fraction of sp³-hybridized carbons (Fsp3) is 0.533. The highest BCUT2D eigenvalue weighted by Gasteiger charge is 2.39. The second-order valence-corrected chi connectivity index (χ2v) is 10.6. The van der Waals surface area contributed by atoms with E-state index in [9.17, 15) is 9.18 Å². The Morgan fingerprint density at radius 1 is 1.00 bits per heavy atom. The first-order valence-electron chi connectivity index (χ1n) is 14.0. The quantitative estimate of drug-likeness (QED) is 0.339. The molecule has 2 saturated heterocycles. The van der Waals surface area contributed by atoms with Crippen molar-refractivity contribution >= 4 is 16.8 Å². The largest absolute Gasteiger partial charge is 0.378 e. The molecule has 2 aromatic carbocycles. The van der Waals surface area contributed by atoms with Gasteiger partial charge < -0.3 is 10.1 Å². The van der Waals surface area contributed by atoms with Gasteiger partial charge in [0.25, 0.3) is 5.91 Å². The Bertz CT molecular complexity index is 1160. The molecule has 1 aromatic heterocycles. The van der Waals surface area contributed by atoms with Crippen LogP contribution in [0.25, 0.3) is 10.9 Å². The van der Waals surface area contributed by atoms with Crippen molar-refractivity contribution in [1.82, 2.24) is 20.0 Å². The van der Waals surface area contributed by atoms with Gasteiger partial charge in [0.05, 0.1) is 18.7 Å². The van der Waals surface area contributed by atoms with Crippen molar-refractivity contribution in [3.8, 4) is 0 Å². The Hall–Kier alpha value is -2.77. The van der Waals surface area contributed by atoms with E-state index in [1.807, 2.05) is 35.0 Å². The summed E-state index contributed by atoms with van der Waals surface area (Å²) in [6.07, 6.45) is 9.03. The summed E-state index contributed by atoms with van der Waals surface area (Å²) in [4.78, 5) is 15.9. The number of piperidine rings is 1. The second kappa shape index (κ2) is 12.2. The average Bonchev–Trinajstić information content (AvgIpc) is 3.27. The van der Waals surface area contributed by atoms with Crippen LogP contribution in [0.15, 0.2) is 48.5 Å². The number of aryl methyl sites for hydroxylation is 1. The molecule has 0 radical (unpaired) electrons. The summed E-state index contributed by atoms with van der Waals surface area (Å²) in [5.74, 6) is -0.301. The summed E-state index contributed by atoms with van der Waals surface area (Å²) in [5, 5.41) is 9.00. The second-order valence-electron chi connectivity index (χ2n) is 10.6. The molecule has 2 bridgehead atoms. The molecule has 2 aliphatic heterocycles. The molecule has 3 aromatic rings. The number of morpholine rings is 1. The van der Waals surface area contributed by atoms with Crippen molar-refractivity contribution in [3.63, 3.8) is 0 Å². The van der Waals surface area contributed by atoms with E-state index in [4.69, 9.17) is 9.84 Å². The molecular weight excluding hydrogens is 467 g/mol. The number of rotatable bonds is 11. The van der Waals surface area contributed by atoms with Gasteiger partial charge in [-0.1, -0.05) is 69.4 Å². The van der Waals surface area contributed by atoms with E-state index >= 15 is 0 Å². The number of carbonyl (C=O) groups excluding carboxylic acids is 1. The zero-order valence-corrected chi connectivity index (χ0v) is 21.9. The lowest BCUT2D eigenvalue weighted by atomic mass is 9.89. The minimum absolute atomic E-state index is 0.0818. The number of nitrogens with one attached hydrogen (secondary N) is 1. The van der Waals surface area contributed by atoms with Crippen molar-refractivity contribution in [3.05, 3.63) is 65.6 Å². The number of para-hydroxylation sites is 1. The molecule has 3 atom stereocenters. The molecule has 0 spiro atoms. The Balaban J connectivity index is 1.22. The first kappa shape index (κ1) is 25.9. The normalized spacial score (nSPS) is 21.8. The van der Waals surface area contributed by atoms with Crippen molar-refractivity contribution in [1.29, 1.82) is 0 Å². The minimum Gasteiger partial charge on any atom is -0.378 e. The molecule has 6 nitrogen and oxygen atoms in total. The van der Waals surface area contributed by atoms with Crippen LogP contribution in [0, 0.1) is 5.82 Å². The molecule has 2 fully saturated rings. The maximum Gasteiger partial charge on any atom is 0.272 e. The SMILES string of the molecule is CCCCCCCCn1nc(C(=O)NC2C[C@H]3COC[C@@H](C2)N3Cc2ccc(F)cc2)c2ccccc21. The van der Waals surface area contributed by atoms with Crippen LogP contribution >= 0.6 is 0 Å². The Labute approximate surface area is 219 Å². The lowest BCUT2D eigenvalue weighted by Crippen LogP contribution is -2.60. The Kier molecular flexibility index (Phi) is 8.52. The summed E-state index contributed by atoms with van der Waals surface area (Å²) in [5.41, 5.74) is 2.65. The molecule has 37 heavy (non-hydrogen) atoms. The lowest BCUT2D eigenvalue weighted by Gasteiger charge is -2.48. The third kappa shape index (κ3) is 6.21. The van der Waals surface area contributed by atoms with Crippen LogP contribution in [-0.4, -0.2) is 51.9 Å². The van der Waals surface area contributed by atoms with Crippen LogP contribution in [0.3, 0.4) is 0 Å². The third-order valence-electron chi connectivity index (χ3n) is 7.88. The number of hydrogen-bond acceptors (Lipinski definition) is 4. The molecule has 1 amide bonds. The maximum atomic E-state index is 13.4. The van der Waals surface area contributed by atoms with E-state index in [0.717, 1.165) is 48.8 Å². The Morgan fingerprint density at radius 2 is 1.70 bits per heavy atom. The highest BCUT2D eigenvalue weighted by atomic mass is 19.1. The summed E-state index contributed by atoms with van der Waals surface area (Å²) < 4.78 is 21.2. The molecule has 3 heterocycles. The van der Waals surface area contributed by atoms with Gasteiger partial charge in [0.1, 0.15) is 5.82 Å². The number of aromatic nitrogens is 2. The zero-order valence-electron chi connectivity index (χ0n) is 21.9. The molecule has 2 aliphatic rings. The average molecular weight is 507 g/mol. The number of amides is 1. The Morgan fingerprint density at radius 3 is 2.46 bits per heavy atom. The molecule has 1 unspecified atom stereocenters. The monoisotopic (exact) mass is 506 g/mol. The number of ether oxygens (including phenoxy) is 1. The van der Waals surface area contributed by atoms with Crippen molar-refractivity contribution in [2.24, 2.45) is 0 Å². The third-order valence-corrected chi connectivity index (χ3v) is 7.88. The molecule has 0 saturated carbocycles. The van der Waals surface area contributed by atoms with Gasteiger partial charge in [-0.15, -0.1) is 0 Å². The molecule has 7 heteroatoms. The molecular formula is C30H39FN4O2. The van der Waals surface area contributed by atoms with Gasteiger partial charge in [-0.3, -0.25) is 14.4 Å². The molecule has 198 valence electrons. The van der Waals surface area contributed by atoms with Gasteiger partial charge in [-0.05, 0) is 43.0 Å². The van der Waals surface area contributed by atoms with Crippen LogP contribution in [0.5, 0.6) is 0 Å². The van der Waals surface area contributed by atoms with Gasteiger partial charge >= 0.3 is 0 Å². The standard InChI is InChI=1S/C30H39FN4O2/c1-2-3-4-5-6-9-16-35-28-11-8-7-10-27(28)29(33-35)30(36)32-24-17-25-20-37-21-26(18-24)34(25)19-22-12-14-23(31)15-13-22/h7-8,10-15,24-26H,2-6,9,16-21H2,1H3,(H,32,36)/t24?,25-,26+. The molecule has 5 rings (SSSR count). The zero-order chi connectivity index (χ0) is 25.6. The van der Waals surface area contributed by atoms with E-state index in [1.54, 1.807) is 0 Å². The minimum atomic E-state index is -0.212. The van der Waals surface area contributed by atoms with Crippen LogP contribution < -0.4 is 5.32 Å². The fourth-order valence-corrected chi connectivity index (χ4v) is 5.93. The van der Waals surface area contributed by atoms with E-state index < -0.39 is 0 Å². The van der Waals surface area contributed by atoms with Crippen molar-refractivity contribution < 1.29 is 13.9 Å². The topological polar surface area (TPSA) is 59.4 Å². The number of unbranched alkanes of at least 4 members (excludes halogenated alkanes) is 5. The number of nitrogens with zero attached hydrogens (tertiary/aromatic N) is 3. The van der Waals surface area contributed by atoms with E-state index in [-0.39, 0.29) is 29.8 Å². The smallest absolute Gasteiger partial charge is 0.272 e.